The second-order valence-corrected chi connectivity index (χ2v) is 13.5. The highest BCUT2D eigenvalue weighted by Gasteiger charge is 2.38. The van der Waals surface area contributed by atoms with Crippen molar-refractivity contribution < 1.29 is 37.8 Å². The lowest BCUT2D eigenvalue weighted by Gasteiger charge is -2.30. The number of benzene rings is 4. The number of nitrogens with zero attached hydrogens (tertiary/aromatic N) is 2. The Labute approximate surface area is 312 Å². The summed E-state index contributed by atoms with van der Waals surface area (Å²) in [5.41, 5.74) is 1.63. The largest absolute Gasteiger partial charge is 0.460 e. The van der Waals surface area contributed by atoms with Crippen molar-refractivity contribution in [3.63, 3.8) is 0 Å². The lowest BCUT2D eigenvalue weighted by atomic mass is 9.91. The van der Waals surface area contributed by atoms with E-state index in [4.69, 9.17) is 18.6 Å². The summed E-state index contributed by atoms with van der Waals surface area (Å²) < 4.78 is 24.0. The van der Waals surface area contributed by atoms with Gasteiger partial charge in [-0.3, -0.25) is 19.1 Å². The molecule has 0 saturated carbocycles. The summed E-state index contributed by atoms with van der Waals surface area (Å²) >= 11 is 0. The fourth-order valence-corrected chi connectivity index (χ4v) is 6.12. The van der Waals surface area contributed by atoms with E-state index in [2.05, 4.69) is 10.6 Å². The Morgan fingerprint density at radius 2 is 1.54 bits per heavy atom. The molecule has 54 heavy (non-hydrogen) atoms. The number of rotatable bonds is 13. The number of ether oxygens (including phenoxy) is 3. The lowest BCUT2D eigenvalue weighted by Crippen LogP contribution is -2.58. The summed E-state index contributed by atoms with van der Waals surface area (Å²) in [5.74, 6) is -0.200. The molecule has 6 rings (SSSR count). The predicted octanol–water partition coefficient (Wildman–Crippen LogP) is 7.14. The molecule has 2 aromatic heterocycles. The minimum Gasteiger partial charge on any atom is -0.460 e. The quantitative estimate of drug-likeness (QED) is 0.119. The van der Waals surface area contributed by atoms with Crippen LogP contribution in [0.25, 0.3) is 21.9 Å². The van der Waals surface area contributed by atoms with Crippen molar-refractivity contribution >= 4 is 45.9 Å². The van der Waals surface area contributed by atoms with Gasteiger partial charge in [-0.1, -0.05) is 84.9 Å². The highest BCUT2D eigenvalue weighted by Crippen LogP contribution is 2.28. The molecule has 0 fully saturated rings. The number of hydrogen-bond donors (Lipinski definition) is 2. The number of esters is 1. The Bertz CT molecular complexity index is 2250. The van der Waals surface area contributed by atoms with Crippen LogP contribution in [-0.4, -0.2) is 59.7 Å². The zero-order valence-corrected chi connectivity index (χ0v) is 30.5. The molecular weight excluding hydrogens is 688 g/mol. The molecule has 0 spiro atoms. The number of fused-ring (bicyclic) bond motifs is 2. The van der Waals surface area contributed by atoms with Crippen LogP contribution >= 0.6 is 0 Å². The van der Waals surface area contributed by atoms with E-state index in [1.807, 2.05) is 73.7 Å². The van der Waals surface area contributed by atoms with Crippen LogP contribution in [0.1, 0.15) is 42.3 Å². The van der Waals surface area contributed by atoms with E-state index in [1.54, 1.807) is 74.6 Å². The number of alkyl carbamates (subject to hydrolysis) is 1. The third-order valence-corrected chi connectivity index (χ3v) is 8.89. The molecule has 278 valence electrons. The molecule has 0 radical (unpaired) electrons. The zero-order valence-electron chi connectivity index (χ0n) is 30.5. The van der Waals surface area contributed by atoms with Crippen molar-refractivity contribution in [2.75, 3.05) is 20.6 Å². The molecule has 0 aliphatic rings. The average Bonchev–Trinajstić information content (AvgIpc) is 3.75. The summed E-state index contributed by atoms with van der Waals surface area (Å²) in [6.45, 7) is 3.34. The van der Waals surface area contributed by atoms with E-state index in [-0.39, 0.29) is 38.0 Å². The maximum absolute atomic E-state index is 14.2. The molecule has 4 aromatic carbocycles. The number of amides is 2. The summed E-state index contributed by atoms with van der Waals surface area (Å²) in [6.07, 6.45) is 0.0395. The Morgan fingerprint density at radius 1 is 0.833 bits per heavy atom. The SMILES string of the molecule is CC(NC(=O)C(C)(Cc1cn(C(=O)Oc2ccccc2COC(=O)CN(C)C)c2ccccc12)NC(=O)OCc1cc2ccccc2o1)c1ccccc1. The number of para-hydroxylation sites is 3. The van der Waals surface area contributed by atoms with Gasteiger partial charge < -0.3 is 29.3 Å². The summed E-state index contributed by atoms with van der Waals surface area (Å²) in [5, 5.41) is 7.39. The second kappa shape index (κ2) is 16.5. The van der Waals surface area contributed by atoms with Gasteiger partial charge in [0.05, 0.1) is 18.1 Å². The van der Waals surface area contributed by atoms with E-state index >= 15 is 0 Å². The Morgan fingerprint density at radius 3 is 2.31 bits per heavy atom. The first kappa shape index (κ1) is 37.4. The Hall–Kier alpha value is -6.40. The van der Waals surface area contributed by atoms with Crippen molar-refractivity contribution in [2.45, 2.75) is 45.1 Å². The van der Waals surface area contributed by atoms with E-state index in [1.165, 1.54) is 4.57 Å². The Kier molecular flexibility index (Phi) is 11.4. The van der Waals surface area contributed by atoms with Gasteiger partial charge in [0.15, 0.2) is 6.61 Å². The maximum atomic E-state index is 14.2. The number of hydrogen-bond acceptors (Lipinski definition) is 9. The monoisotopic (exact) mass is 730 g/mol. The molecule has 2 N–H and O–H groups in total. The minimum atomic E-state index is -1.55. The van der Waals surface area contributed by atoms with Crippen molar-refractivity contribution in [1.82, 2.24) is 20.1 Å². The van der Waals surface area contributed by atoms with Gasteiger partial charge in [0.25, 0.3) is 0 Å². The van der Waals surface area contributed by atoms with Crippen LogP contribution in [-0.2, 0) is 38.7 Å². The van der Waals surface area contributed by atoms with Crippen molar-refractivity contribution in [1.29, 1.82) is 0 Å². The van der Waals surface area contributed by atoms with Crippen LogP contribution in [0.2, 0.25) is 0 Å². The van der Waals surface area contributed by atoms with Crippen LogP contribution in [0, 0.1) is 0 Å². The molecule has 6 aromatic rings. The van der Waals surface area contributed by atoms with Crippen LogP contribution < -0.4 is 15.4 Å². The van der Waals surface area contributed by atoms with Gasteiger partial charge in [0, 0.05) is 29.0 Å². The van der Waals surface area contributed by atoms with Gasteiger partial charge in [-0.2, -0.15) is 0 Å². The molecular formula is C42H42N4O8. The molecule has 12 heteroatoms. The van der Waals surface area contributed by atoms with Crippen molar-refractivity contribution in [2.24, 2.45) is 0 Å². The highest BCUT2D eigenvalue weighted by atomic mass is 16.6. The van der Waals surface area contributed by atoms with E-state index in [0.717, 1.165) is 10.9 Å². The number of furan rings is 1. The summed E-state index contributed by atoms with van der Waals surface area (Å²) in [7, 11) is 3.53. The van der Waals surface area contributed by atoms with Gasteiger partial charge >= 0.3 is 18.2 Å². The standard InChI is InChI=1S/C42H42N4O8/c1-28(29-14-6-5-7-15-29)43-39(48)42(2,44-40(49)52-27-33-22-30-16-8-12-20-36(30)53-33)23-32-24-46(35-19-11-10-18-34(32)35)41(50)54-37-21-13-9-17-31(37)26-51-38(47)25-45(3)4/h5-22,24,28H,23,25-27H2,1-4H3,(H,43,48)(H,44,49). The normalized spacial score (nSPS) is 12.9. The van der Waals surface area contributed by atoms with Crippen LogP contribution in [0.15, 0.2) is 120 Å². The third kappa shape index (κ3) is 8.96. The fourth-order valence-electron chi connectivity index (χ4n) is 6.12. The molecule has 2 heterocycles. The molecule has 12 nitrogen and oxygen atoms in total. The predicted molar refractivity (Wildman–Crippen MR) is 203 cm³/mol. The maximum Gasteiger partial charge on any atom is 0.423 e. The van der Waals surface area contributed by atoms with Gasteiger partial charge in [-0.05, 0) is 63.3 Å². The molecule has 2 amide bonds. The molecule has 0 bridgehead atoms. The topological polar surface area (TPSA) is 141 Å². The smallest absolute Gasteiger partial charge is 0.423 e. The number of carbonyl (C=O) groups is 4. The molecule has 2 atom stereocenters. The highest BCUT2D eigenvalue weighted by molar-refractivity contribution is 5.95. The average molecular weight is 731 g/mol. The van der Waals surface area contributed by atoms with Gasteiger partial charge in [-0.15, -0.1) is 0 Å². The van der Waals surface area contributed by atoms with E-state index in [0.29, 0.717) is 33.4 Å². The summed E-state index contributed by atoms with van der Waals surface area (Å²) in [4.78, 5) is 55.2. The first-order chi connectivity index (χ1) is 26.0. The Balaban J connectivity index is 1.25. The van der Waals surface area contributed by atoms with Crippen LogP contribution in [0.3, 0.4) is 0 Å². The van der Waals surface area contributed by atoms with Crippen molar-refractivity contribution in [3.05, 3.63) is 138 Å². The number of nitrogens with one attached hydrogen (secondary N) is 2. The molecule has 0 aliphatic carbocycles. The lowest BCUT2D eigenvalue weighted by molar-refractivity contribution is -0.145. The fraction of sp³-hybridized carbons (Fsp3) is 0.238. The molecule has 0 aliphatic heterocycles. The summed E-state index contributed by atoms with van der Waals surface area (Å²) in [6, 6.07) is 32.3. The van der Waals surface area contributed by atoms with Gasteiger partial charge in [0.2, 0.25) is 5.91 Å². The van der Waals surface area contributed by atoms with E-state index < -0.39 is 29.6 Å². The molecule has 0 saturated heterocycles. The van der Waals surface area contributed by atoms with Gasteiger partial charge in [-0.25, -0.2) is 9.59 Å². The van der Waals surface area contributed by atoms with Crippen LogP contribution in [0.5, 0.6) is 5.75 Å². The number of carbonyl (C=O) groups excluding carboxylic acids is 4. The minimum absolute atomic E-state index is 0.0146. The second-order valence-electron chi connectivity index (χ2n) is 13.5. The third-order valence-electron chi connectivity index (χ3n) is 8.89. The number of likely N-dealkylation sites (N-methyl/N-ethyl adjacent to an activating group) is 1. The first-order valence-corrected chi connectivity index (χ1v) is 17.5. The van der Waals surface area contributed by atoms with Crippen LogP contribution in [0.4, 0.5) is 9.59 Å². The van der Waals surface area contributed by atoms with Crippen molar-refractivity contribution in [3.8, 4) is 5.75 Å². The molecule has 2 unspecified atom stereocenters. The first-order valence-electron chi connectivity index (χ1n) is 17.5. The van der Waals surface area contributed by atoms with Gasteiger partial charge in [0.1, 0.15) is 29.2 Å². The van der Waals surface area contributed by atoms with E-state index in [9.17, 15) is 19.2 Å². The number of aromatic nitrogens is 1. The zero-order chi connectivity index (χ0) is 38.2.